The summed E-state index contributed by atoms with van der Waals surface area (Å²) in [6.07, 6.45) is 2.27. The van der Waals surface area contributed by atoms with Crippen molar-refractivity contribution in [3.63, 3.8) is 0 Å². The number of hydrogen-bond acceptors (Lipinski definition) is 4. The van der Waals surface area contributed by atoms with Gasteiger partial charge in [0.05, 0.1) is 4.92 Å². The third-order valence-electron chi connectivity index (χ3n) is 4.00. The quantitative estimate of drug-likeness (QED) is 0.667. The lowest BCUT2D eigenvalue weighted by atomic mass is 9.93. The summed E-state index contributed by atoms with van der Waals surface area (Å²) in [5.41, 5.74) is 6.75. The fraction of sp³-hybridized carbons (Fsp3) is 0.571. The maximum absolute atomic E-state index is 11.0. The Labute approximate surface area is 113 Å². The largest absolute Gasteiger partial charge is 0.330 e. The molecule has 2 N–H and O–H groups in total. The Hall–Kier alpha value is -1.46. The second kappa shape index (κ2) is 6.12. The van der Waals surface area contributed by atoms with Gasteiger partial charge in [0.15, 0.2) is 0 Å². The maximum atomic E-state index is 11.0. The summed E-state index contributed by atoms with van der Waals surface area (Å²) in [6.45, 7) is 4.44. The van der Waals surface area contributed by atoms with Crippen molar-refractivity contribution < 1.29 is 4.92 Å². The number of benzene rings is 1. The van der Waals surface area contributed by atoms with Gasteiger partial charge in [-0.3, -0.25) is 15.0 Å². The highest BCUT2D eigenvalue weighted by Gasteiger charge is 2.26. The lowest BCUT2D eigenvalue weighted by Crippen LogP contribution is -2.43. The first-order valence-corrected chi connectivity index (χ1v) is 6.78. The number of nitrogens with two attached hydrogens (primary N) is 1. The summed E-state index contributed by atoms with van der Waals surface area (Å²) in [4.78, 5) is 13.0. The minimum atomic E-state index is -0.301. The first-order chi connectivity index (χ1) is 9.11. The van der Waals surface area contributed by atoms with E-state index in [1.165, 1.54) is 0 Å². The van der Waals surface area contributed by atoms with E-state index in [0.29, 0.717) is 25.0 Å². The molecular weight excluding hydrogens is 242 g/mol. The van der Waals surface area contributed by atoms with Crippen LogP contribution in [0, 0.1) is 16.0 Å². The molecular formula is C14H21N3O2. The minimum Gasteiger partial charge on any atom is -0.330 e. The highest BCUT2D eigenvalue weighted by Crippen LogP contribution is 2.26. The van der Waals surface area contributed by atoms with E-state index in [1.54, 1.807) is 12.1 Å². The van der Waals surface area contributed by atoms with Crippen LogP contribution in [0.3, 0.4) is 0 Å². The minimum absolute atomic E-state index is 0.213. The standard InChI is InChI=1S/C14H21N3O2/c1-11-6-7-12(8-15)9-16(11)10-13-4-2-3-5-14(13)17(18)19/h2-5,11-12H,6-10,15H2,1H3. The Morgan fingerprint density at radius 3 is 2.84 bits per heavy atom. The molecule has 0 saturated carbocycles. The Kier molecular flexibility index (Phi) is 4.50. The van der Waals surface area contributed by atoms with Gasteiger partial charge in [-0.25, -0.2) is 0 Å². The van der Waals surface area contributed by atoms with Crippen LogP contribution < -0.4 is 5.73 Å². The fourth-order valence-corrected chi connectivity index (χ4v) is 2.72. The molecule has 0 spiro atoms. The predicted molar refractivity (Wildman–Crippen MR) is 74.7 cm³/mol. The van der Waals surface area contributed by atoms with Crippen LogP contribution >= 0.6 is 0 Å². The Morgan fingerprint density at radius 1 is 1.42 bits per heavy atom. The second-order valence-corrected chi connectivity index (χ2v) is 5.34. The number of likely N-dealkylation sites (tertiary alicyclic amines) is 1. The lowest BCUT2D eigenvalue weighted by molar-refractivity contribution is -0.385. The lowest BCUT2D eigenvalue weighted by Gasteiger charge is -2.37. The summed E-state index contributed by atoms with van der Waals surface area (Å²) in [5, 5.41) is 11.0. The molecule has 1 aliphatic heterocycles. The second-order valence-electron chi connectivity index (χ2n) is 5.34. The van der Waals surface area contributed by atoms with Crippen molar-refractivity contribution in [1.82, 2.24) is 4.90 Å². The number of nitro groups is 1. The van der Waals surface area contributed by atoms with E-state index in [9.17, 15) is 10.1 Å². The average Bonchev–Trinajstić information content (AvgIpc) is 2.41. The van der Waals surface area contributed by atoms with Gasteiger partial charge in [-0.1, -0.05) is 18.2 Å². The van der Waals surface area contributed by atoms with Gasteiger partial charge in [0, 0.05) is 30.8 Å². The van der Waals surface area contributed by atoms with Gasteiger partial charge in [0.1, 0.15) is 0 Å². The van der Waals surface area contributed by atoms with Crippen LogP contribution in [-0.2, 0) is 6.54 Å². The van der Waals surface area contributed by atoms with Crippen molar-refractivity contribution in [3.05, 3.63) is 39.9 Å². The number of nitro benzene ring substituents is 1. The Balaban J connectivity index is 2.13. The Morgan fingerprint density at radius 2 is 2.16 bits per heavy atom. The van der Waals surface area contributed by atoms with Crippen LogP contribution in [0.5, 0.6) is 0 Å². The summed E-state index contributed by atoms with van der Waals surface area (Å²) in [7, 11) is 0. The van der Waals surface area contributed by atoms with Gasteiger partial charge >= 0.3 is 0 Å². The molecule has 5 heteroatoms. The zero-order chi connectivity index (χ0) is 13.8. The van der Waals surface area contributed by atoms with E-state index in [2.05, 4.69) is 11.8 Å². The topological polar surface area (TPSA) is 72.4 Å². The zero-order valence-corrected chi connectivity index (χ0v) is 11.3. The van der Waals surface area contributed by atoms with E-state index < -0.39 is 0 Å². The van der Waals surface area contributed by atoms with Crippen LogP contribution in [0.1, 0.15) is 25.3 Å². The molecule has 0 aromatic heterocycles. The molecule has 1 aromatic carbocycles. The number of piperidine rings is 1. The first kappa shape index (κ1) is 14.0. The number of para-hydroxylation sites is 1. The summed E-state index contributed by atoms with van der Waals surface area (Å²) >= 11 is 0. The molecule has 2 unspecified atom stereocenters. The van der Waals surface area contributed by atoms with Gasteiger partial charge < -0.3 is 5.73 Å². The molecule has 2 atom stereocenters. The van der Waals surface area contributed by atoms with Crippen molar-refractivity contribution in [2.45, 2.75) is 32.4 Å². The monoisotopic (exact) mass is 263 g/mol. The molecule has 1 aromatic rings. The average molecular weight is 263 g/mol. The molecule has 1 fully saturated rings. The number of hydrogen-bond donors (Lipinski definition) is 1. The molecule has 0 aliphatic carbocycles. The maximum Gasteiger partial charge on any atom is 0.273 e. The normalized spacial score (nSPS) is 24.3. The van der Waals surface area contributed by atoms with Crippen LogP contribution in [0.4, 0.5) is 5.69 Å². The van der Waals surface area contributed by atoms with Crippen molar-refractivity contribution in [2.24, 2.45) is 11.7 Å². The number of nitrogens with zero attached hydrogens (tertiary/aromatic N) is 2. The molecule has 0 bridgehead atoms. The molecule has 0 amide bonds. The molecule has 2 rings (SSSR count). The molecule has 1 heterocycles. The highest BCUT2D eigenvalue weighted by molar-refractivity contribution is 5.39. The first-order valence-electron chi connectivity index (χ1n) is 6.78. The fourth-order valence-electron chi connectivity index (χ4n) is 2.72. The van der Waals surface area contributed by atoms with Crippen molar-refractivity contribution in [2.75, 3.05) is 13.1 Å². The van der Waals surface area contributed by atoms with Crippen molar-refractivity contribution in [1.29, 1.82) is 0 Å². The molecule has 19 heavy (non-hydrogen) atoms. The van der Waals surface area contributed by atoms with E-state index >= 15 is 0 Å². The summed E-state index contributed by atoms with van der Waals surface area (Å²) in [5.74, 6) is 0.513. The van der Waals surface area contributed by atoms with Gasteiger partial charge in [0.25, 0.3) is 5.69 Å². The smallest absolute Gasteiger partial charge is 0.273 e. The van der Waals surface area contributed by atoms with E-state index in [1.807, 2.05) is 12.1 Å². The van der Waals surface area contributed by atoms with Crippen LogP contribution in [0.25, 0.3) is 0 Å². The van der Waals surface area contributed by atoms with Crippen molar-refractivity contribution in [3.8, 4) is 0 Å². The summed E-state index contributed by atoms with van der Waals surface area (Å²) in [6, 6.07) is 7.45. The molecule has 104 valence electrons. The zero-order valence-electron chi connectivity index (χ0n) is 11.3. The summed E-state index contributed by atoms with van der Waals surface area (Å²) < 4.78 is 0. The van der Waals surface area contributed by atoms with E-state index in [-0.39, 0.29) is 10.6 Å². The van der Waals surface area contributed by atoms with Crippen LogP contribution in [0.15, 0.2) is 24.3 Å². The van der Waals surface area contributed by atoms with E-state index in [0.717, 1.165) is 24.9 Å². The third-order valence-corrected chi connectivity index (χ3v) is 4.00. The van der Waals surface area contributed by atoms with Gasteiger partial charge in [0.2, 0.25) is 0 Å². The van der Waals surface area contributed by atoms with Crippen LogP contribution in [0.2, 0.25) is 0 Å². The molecule has 1 saturated heterocycles. The third kappa shape index (κ3) is 3.30. The van der Waals surface area contributed by atoms with Gasteiger partial charge in [-0.05, 0) is 32.2 Å². The van der Waals surface area contributed by atoms with E-state index in [4.69, 9.17) is 5.73 Å². The Bertz CT molecular complexity index is 450. The molecule has 1 aliphatic rings. The van der Waals surface area contributed by atoms with Crippen LogP contribution in [-0.4, -0.2) is 29.0 Å². The van der Waals surface area contributed by atoms with Gasteiger partial charge in [-0.15, -0.1) is 0 Å². The SMILES string of the molecule is CC1CCC(CN)CN1Cc1ccccc1[N+](=O)[O-]. The number of rotatable bonds is 4. The van der Waals surface area contributed by atoms with Crippen molar-refractivity contribution >= 4 is 5.69 Å². The molecule has 0 radical (unpaired) electrons. The predicted octanol–water partition coefficient (Wildman–Crippen LogP) is 2.15. The molecule has 5 nitrogen and oxygen atoms in total. The highest BCUT2D eigenvalue weighted by atomic mass is 16.6. The van der Waals surface area contributed by atoms with Gasteiger partial charge in [-0.2, -0.15) is 0 Å².